The van der Waals surface area contributed by atoms with E-state index in [4.69, 9.17) is 0 Å². The third kappa shape index (κ3) is 4.13. The first kappa shape index (κ1) is 11.6. The Bertz CT molecular complexity index is 278. The number of benzene rings is 1. The van der Waals surface area contributed by atoms with Gasteiger partial charge in [0.05, 0.1) is 6.10 Å². The molecule has 14 heavy (non-hydrogen) atoms. The Labute approximate surface area is 89.7 Å². The fourth-order valence-corrected chi connectivity index (χ4v) is 2.14. The summed E-state index contributed by atoms with van der Waals surface area (Å²) in [4.78, 5) is 1.22. The van der Waals surface area contributed by atoms with Gasteiger partial charge in [-0.2, -0.15) is 0 Å². The van der Waals surface area contributed by atoms with Crippen LogP contribution in [0.25, 0.3) is 0 Å². The predicted molar refractivity (Wildman–Crippen MR) is 61.8 cm³/mol. The molecule has 0 spiro atoms. The van der Waals surface area contributed by atoms with Crippen LogP contribution in [-0.2, 0) is 0 Å². The quantitative estimate of drug-likeness (QED) is 0.727. The lowest BCUT2D eigenvalue weighted by atomic mass is 10.2. The van der Waals surface area contributed by atoms with Crippen LogP contribution in [0, 0.1) is 6.92 Å². The number of hydrogen-bond acceptors (Lipinski definition) is 3. The van der Waals surface area contributed by atoms with Crippen molar-refractivity contribution in [2.75, 3.05) is 19.3 Å². The molecule has 0 saturated heterocycles. The molecule has 0 amide bonds. The molecule has 0 fully saturated rings. The zero-order chi connectivity index (χ0) is 10.4. The molecule has 0 bridgehead atoms. The van der Waals surface area contributed by atoms with Gasteiger partial charge >= 0.3 is 0 Å². The fraction of sp³-hybridized carbons (Fsp3) is 0.455. The second kappa shape index (κ2) is 6.06. The lowest BCUT2D eigenvalue weighted by Crippen LogP contribution is -2.25. The maximum atomic E-state index is 9.50. The van der Waals surface area contributed by atoms with Crippen molar-refractivity contribution in [3.05, 3.63) is 29.8 Å². The number of rotatable bonds is 5. The van der Waals surface area contributed by atoms with Gasteiger partial charge in [0.25, 0.3) is 0 Å². The predicted octanol–water partition coefficient (Wildman–Crippen LogP) is 1.67. The molecular weight excluding hydrogens is 194 g/mol. The second-order valence-electron chi connectivity index (χ2n) is 3.34. The minimum Gasteiger partial charge on any atom is -0.391 e. The zero-order valence-corrected chi connectivity index (χ0v) is 9.47. The maximum Gasteiger partial charge on any atom is 0.0758 e. The Balaban J connectivity index is 2.37. The largest absolute Gasteiger partial charge is 0.391 e. The third-order valence-electron chi connectivity index (χ3n) is 1.87. The van der Waals surface area contributed by atoms with E-state index in [1.54, 1.807) is 11.8 Å². The van der Waals surface area contributed by atoms with Gasteiger partial charge in [-0.05, 0) is 26.1 Å². The lowest BCUT2D eigenvalue weighted by Gasteiger charge is -2.09. The van der Waals surface area contributed by atoms with Crippen LogP contribution in [0.15, 0.2) is 29.2 Å². The molecule has 1 unspecified atom stereocenters. The molecule has 78 valence electrons. The van der Waals surface area contributed by atoms with Crippen LogP contribution in [0.5, 0.6) is 0 Å². The summed E-state index contributed by atoms with van der Waals surface area (Å²) >= 11 is 1.69. The molecule has 0 radical (unpaired) electrons. The topological polar surface area (TPSA) is 32.3 Å². The van der Waals surface area contributed by atoms with E-state index in [1.165, 1.54) is 10.5 Å². The number of aliphatic hydroxyl groups is 1. The highest BCUT2D eigenvalue weighted by molar-refractivity contribution is 7.99. The van der Waals surface area contributed by atoms with Gasteiger partial charge in [-0.3, -0.25) is 0 Å². The van der Waals surface area contributed by atoms with Crippen LogP contribution in [-0.4, -0.2) is 30.6 Å². The first-order chi connectivity index (χ1) is 6.72. The number of likely N-dealkylation sites (N-methyl/N-ethyl adjacent to an activating group) is 1. The van der Waals surface area contributed by atoms with Gasteiger partial charge in [0.2, 0.25) is 0 Å². The van der Waals surface area contributed by atoms with Crippen molar-refractivity contribution >= 4 is 11.8 Å². The lowest BCUT2D eigenvalue weighted by molar-refractivity contribution is 0.199. The SMILES string of the molecule is CNCC(O)CSc1cccc(C)c1. The number of nitrogens with one attached hydrogen (secondary N) is 1. The summed E-state index contributed by atoms with van der Waals surface area (Å²) in [7, 11) is 1.85. The number of hydrogen-bond donors (Lipinski definition) is 2. The van der Waals surface area contributed by atoms with Crippen molar-refractivity contribution in [2.45, 2.75) is 17.9 Å². The van der Waals surface area contributed by atoms with E-state index in [0.29, 0.717) is 6.54 Å². The fourth-order valence-electron chi connectivity index (χ4n) is 1.19. The Kier molecular flexibility index (Phi) is 5.01. The first-order valence-corrected chi connectivity index (χ1v) is 5.73. The van der Waals surface area contributed by atoms with Crippen molar-refractivity contribution in [2.24, 2.45) is 0 Å². The van der Waals surface area contributed by atoms with Crippen LogP contribution in [0.1, 0.15) is 5.56 Å². The van der Waals surface area contributed by atoms with E-state index in [9.17, 15) is 5.11 Å². The highest BCUT2D eigenvalue weighted by Crippen LogP contribution is 2.19. The van der Waals surface area contributed by atoms with E-state index in [2.05, 4.69) is 30.4 Å². The van der Waals surface area contributed by atoms with E-state index >= 15 is 0 Å². The third-order valence-corrected chi connectivity index (χ3v) is 3.01. The van der Waals surface area contributed by atoms with Crippen molar-refractivity contribution in [3.8, 4) is 0 Å². The first-order valence-electron chi connectivity index (χ1n) is 4.74. The minimum atomic E-state index is -0.273. The Morgan fingerprint density at radius 3 is 2.93 bits per heavy atom. The van der Waals surface area contributed by atoms with Crippen molar-refractivity contribution in [1.29, 1.82) is 0 Å². The highest BCUT2D eigenvalue weighted by atomic mass is 32.2. The molecule has 1 rings (SSSR count). The summed E-state index contributed by atoms with van der Waals surface area (Å²) in [5, 5.41) is 12.4. The Hall–Kier alpha value is -0.510. The monoisotopic (exact) mass is 211 g/mol. The molecule has 1 atom stereocenters. The van der Waals surface area contributed by atoms with Gasteiger partial charge in [-0.1, -0.05) is 17.7 Å². The number of aryl methyl sites for hydroxylation is 1. The summed E-state index contributed by atoms with van der Waals surface area (Å²) < 4.78 is 0. The van der Waals surface area contributed by atoms with E-state index < -0.39 is 0 Å². The molecule has 2 N–H and O–H groups in total. The average Bonchev–Trinajstić information content (AvgIpc) is 2.15. The van der Waals surface area contributed by atoms with Crippen molar-refractivity contribution in [3.63, 3.8) is 0 Å². The van der Waals surface area contributed by atoms with Gasteiger partial charge in [-0.25, -0.2) is 0 Å². The van der Waals surface area contributed by atoms with E-state index in [-0.39, 0.29) is 6.10 Å². The Morgan fingerprint density at radius 1 is 1.50 bits per heavy atom. The molecule has 3 heteroatoms. The van der Waals surface area contributed by atoms with Crippen LogP contribution >= 0.6 is 11.8 Å². The second-order valence-corrected chi connectivity index (χ2v) is 4.43. The highest BCUT2D eigenvalue weighted by Gasteiger charge is 2.03. The van der Waals surface area contributed by atoms with E-state index in [1.807, 2.05) is 13.1 Å². The Morgan fingerprint density at radius 2 is 2.29 bits per heavy atom. The van der Waals surface area contributed by atoms with Crippen LogP contribution in [0.3, 0.4) is 0 Å². The van der Waals surface area contributed by atoms with Gasteiger partial charge in [0.15, 0.2) is 0 Å². The summed E-state index contributed by atoms with van der Waals surface area (Å²) in [6.45, 7) is 2.73. The molecular formula is C11H17NOS. The molecule has 0 aliphatic heterocycles. The molecule has 0 heterocycles. The molecule has 1 aromatic carbocycles. The number of thioether (sulfide) groups is 1. The van der Waals surface area contributed by atoms with Gasteiger partial charge in [-0.15, -0.1) is 11.8 Å². The van der Waals surface area contributed by atoms with Crippen molar-refractivity contribution in [1.82, 2.24) is 5.32 Å². The summed E-state index contributed by atoms with van der Waals surface area (Å²) in [5.41, 5.74) is 1.26. The average molecular weight is 211 g/mol. The minimum absolute atomic E-state index is 0.273. The molecule has 2 nitrogen and oxygen atoms in total. The molecule has 0 aromatic heterocycles. The normalized spacial score (nSPS) is 12.8. The maximum absolute atomic E-state index is 9.50. The van der Waals surface area contributed by atoms with Crippen LogP contribution < -0.4 is 5.32 Å². The van der Waals surface area contributed by atoms with E-state index in [0.717, 1.165) is 5.75 Å². The smallest absolute Gasteiger partial charge is 0.0758 e. The summed E-state index contributed by atoms with van der Waals surface area (Å²) in [5.74, 6) is 0.740. The molecule has 0 saturated carbocycles. The summed E-state index contributed by atoms with van der Waals surface area (Å²) in [6.07, 6.45) is -0.273. The molecule has 1 aromatic rings. The zero-order valence-electron chi connectivity index (χ0n) is 8.66. The van der Waals surface area contributed by atoms with Crippen molar-refractivity contribution < 1.29 is 5.11 Å². The van der Waals surface area contributed by atoms with Gasteiger partial charge < -0.3 is 10.4 Å². The standard InChI is InChI=1S/C11H17NOS/c1-9-4-3-5-11(6-9)14-8-10(13)7-12-2/h3-6,10,12-13H,7-8H2,1-2H3. The number of aliphatic hydroxyl groups excluding tert-OH is 1. The molecule has 0 aliphatic rings. The van der Waals surface area contributed by atoms with Gasteiger partial charge in [0, 0.05) is 17.2 Å². The van der Waals surface area contributed by atoms with Gasteiger partial charge in [0.1, 0.15) is 0 Å². The van der Waals surface area contributed by atoms with Crippen LogP contribution in [0.4, 0.5) is 0 Å². The molecule has 0 aliphatic carbocycles. The summed E-state index contributed by atoms with van der Waals surface area (Å²) in [6, 6.07) is 8.33. The van der Waals surface area contributed by atoms with Crippen LogP contribution in [0.2, 0.25) is 0 Å².